The molecule has 2 aliphatic rings. The largest absolute Gasteiger partial charge is 0.497 e. The number of nitrogens with zero attached hydrogens (tertiary/aromatic N) is 1. The summed E-state index contributed by atoms with van der Waals surface area (Å²) in [5, 5.41) is 3.02. The van der Waals surface area contributed by atoms with Crippen LogP contribution in [0.3, 0.4) is 0 Å². The third kappa shape index (κ3) is 4.14. The van der Waals surface area contributed by atoms with Crippen LogP contribution in [0.2, 0.25) is 0 Å². The Kier molecular flexibility index (Phi) is 5.69. The van der Waals surface area contributed by atoms with Crippen molar-refractivity contribution < 1.29 is 22.3 Å². The normalized spacial score (nSPS) is 22.7. The van der Waals surface area contributed by atoms with E-state index in [9.17, 15) is 17.6 Å². The molecule has 2 bridgehead atoms. The lowest BCUT2D eigenvalue weighted by molar-refractivity contribution is -0.120. The van der Waals surface area contributed by atoms with E-state index in [1.165, 1.54) is 49.9 Å². The SMILES string of the molecule is COc1ccc(S(=O)(=O)N(CC(=O)N[C@H]2C[C@@H]3CC[C@@H]2C3)c2ccc(F)cc2)cc1. The van der Waals surface area contributed by atoms with Crippen LogP contribution in [-0.4, -0.2) is 34.0 Å². The van der Waals surface area contributed by atoms with Crippen molar-refractivity contribution in [1.29, 1.82) is 0 Å². The predicted octanol–water partition coefficient (Wildman–Crippen LogP) is 3.33. The van der Waals surface area contributed by atoms with Crippen molar-refractivity contribution in [3.8, 4) is 5.75 Å². The van der Waals surface area contributed by atoms with E-state index in [1.807, 2.05) is 0 Å². The Hall–Kier alpha value is -2.61. The number of sulfonamides is 1. The Morgan fingerprint density at radius 2 is 1.80 bits per heavy atom. The van der Waals surface area contributed by atoms with Gasteiger partial charge in [-0.3, -0.25) is 9.10 Å². The molecule has 0 unspecified atom stereocenters. The van der Waals surface area contributed by atoms with Crippen molar-refractivity contribution in [3.63, 3.8) is 0 Å². The van der Waals surface area contributed by atoms with Gasteiger partial charge in [0.05, 0.1) is 17.7 Å². The van der Waals surface area contributed by atoms with Crippen molar-refractivity contribution in [3.05, 3.63) is 54.3 Å². The summed E-state index contributed by atoms with van der Waals surface area (Å²) in [6.45, 7) is -0.367. The molecule has 0 radical (unpaired) electrons. The van der Waals surface area contributed by atoms with Crippen LogP contribution in [0.15, 0.2) is 53.4 Å². The molecular weight excluding hydrogens is 407 g/mol. The fraction of sp³-hybridized carbons (Fsp3) is 0.409. The van der Waals surface area contributed by atoms with Crippen LogP contribution in [0.4, 0.5) is 10.1 Å². The summed E-state index contributed by atoms with van der Waals surface area (Å²) in [5.41, 5.74) is 0.232. The quantitative estimate of drug-likeness (QED) is 0.728. The van der Waals surface area contributed by atoms with Gasteiger partial charge in [0.2, 0.25) is 5.91 Å². The highest BCUT2D eigenvalue weighted by Crippen LogP contribution is 2.44. The van der Waals surface area contributed by atoms with E-state index in [-0.39, 0.29) is 29.1 Å². The Morgan fingerprint density at radius 1 is 1.10 bits per heavy atom. The first-order chi connectivity index (χ1) is 14.4. The molecule has 2 aromatic carbocycles. The molecule has 0 spiro atoms. The molecule has 0 aliphatic heterocycles. The molecule has 160 valence electrons. The molecule has 0 heterocycles. The molecule has 8 heteroatoms. The molecule has 2 fully saturated rings. The van der Waals surface area contributed by atoms with Crippen molar-refractivity contribution >= 4 is 21.6 Å². The maximum absolute atomic E-state index is 13.4. The number of carbonyl (C=O) groups excluding carboxylic acids is 1. The van der Waals surface area contributed by atoms with Crippen LogP contribution in [0.5, 0.6) is 5.75 Å². The number of rotatable bonds is 7. The number of fused-ring (bicyclic) bond motifs is 2. The lowest BCUT2D eigenvalue weighted by Crippen LogP contribution is -2.46. The molecular formula is C22H25FN2O4S. The summed E-state index contributed by atoms with van der Waals surface area (Å²) in [5.74, 6) is 0.838. The third-order valence-electron chi connectivity index (χ3n) is 6.13. The zero-order chi connectivity index (χ0) is 21.3. The second-order valence-electron chi connectivity index (χ2n) is 8.01. The van der Waals surface area contributed by atoms with Crippen LogP contribution in [0.1, 0.15) is 25.7 Å². The van der Waals surface area contributed by atoms with E-state index in [2.05, 4.69) is 5.32 Å². The maximum Gasteiger partial charge on any atom is 0.264 e. The highest BCUT2D eigenvalue weighted by molar-refractivity contribution is 7.92. The summed E-state index contributed by atoms with van der Waals surface area (Å²) >= 11 is 0. The minimum absolute atomic E-state index is 0.0281. The number of anilines is 1. The Labute approximate surface area is 176 Å². The first-order valence-corrected chi connectivity index (χ1v) is 11.5. The number of ether oxygens (including phenoxy) is 1. The van der Waals surface area contributed by atoms with Gasteiger partial charge in [0.25, 0.3) is 10.0 Å². The molecule has 1 amide bonds. The standard InChI is InChI=1S/C22H25FN2O4S/c1-29-19-8-10-20(11-9-19)30(27,28)25(18-6-4-17(23)5-7-18)14-22(26)24-21-13-15-2-3-16(21)12-15/h4-11,15-16,21H,2-3,12-14H2,1H3,(H,24,26)/t15-,16-,21+/m1/s1. The topological polar surface area (TPSA) is 75.7 Å². The first-order valence-electron chi connectivity index (χ1n) is 10.1. The number of carbonyl (C=O) groups is 1. The van der Waals surface area contributed by atoms with Crippen LogP contribution < -0.4 is 14.4 Å². The molecule has 1 N–H and O–H groups in total. The van der Waals surface area contributed by atoms with Gasteiger partial charge in [0.1, 0.15) is 18.1 Å². The lowest BCUT2D eigenvalue weighted by Gasteiger charge is -2.27. The second-order valence-corrected chi connectivity index (χ2v) is 9.87. The number of amides is 1. The Balaban J connectivity index is 1.58. The van der Waals surface area contributed by atoms with Gasteiger partial charge in [-0.1, -0.05) is 6.42 Å². The van der Waals surface area contributed by atoms with Gasteiger partial charge in [-0.05, 0) is 79.6 Å². The number of nitrogens with one attached hydrogen (secondary N) is 1. The number of methoxy groups -OCH3 is 1. The highest BCUT2D eigenvalue weighted by atomic mass is 32.2. The predicted molar refractivity (Wildman–Crippen MR) is 111 cm³/mol. The number of hydrogen-bond acceptors (Lipinski definition) is 4. The first kappa shape index (κ1) is 20.7. The van der Waals surface area contributed by atoms with E-state index in [0.717, 1.165) is 23.6 Å². The molecule has 2 aliphatic carbocycles. The van der Waals surface area contributed by atoms with E-state index < -0.39 is 15.8 Å². The van der Waals surface area contributed by atoms with Crippen molar-refractivity contribution in [1.82, 2.24) is 5.32 Å². The van der Waals surface area contributed by atoms with Crippen LogP contribution in [0.25, 0.3) is 0 Å². The van der Waals surface area contributed by atoms with Gasteiger partial charge < -0.3 is 10.1 Å². The number of halogens is 1. The highest BCUT2D eigenvalue weighted by Gasteiger charge is 2.40. The average molecular weight is 433 g/mol. The van der Waals surface area contributed by atoms with Crippen LogP contribution in [0, 0.1) is 17.7 Å². The van der Waals surface area contributed by atoms with Gasteiger partial charge in [0.15, 0.2) is 0 Å². The summed E-state index contributed by atoms with van der Waals surface area (Å²) in [6, 6.07) is 11.1. The average Bonchev–Trinajstić information content (AvgIpc) is 3.36. The zero-order valence-electron chi connectivity index (χ0n) is 16.8. The fourth-order valence-corrected chi connectivity index (χ4v) is 6.02. The fourth-order valence-electron chi connectivity index (χ4n) is 4.60. The van der Waals surface area contributed by atoms with Crippen LogP contribution >= 0.6 is 0 Å². The van der Waals surface area contributed by atoms with E-state index in [0.29, 0.717) is 17.6 Å². The van der Waals surface area contributed by atoms with E-state index in [4.69, 9.17) is 4.74 Å². The van der Waals surface area contributed by atoms with Gasteiger partial charge in [-0.2, -0.15) is 0 Å². The summed E-state index contributed by atoms with van der Waals surface area (Å²) in [4.78, 5) is 12.8. The third-order valence-corrected chi connectivity index (χ3v) is 7.92. The van der Waals surface area contributed by atoms with Crippen LogP contribution in [-0.2, 0) is 14.8 Å². The molecule has 0 aromatic heterocycles. The molecule has 4 rings (SSSR count). The van der Waals surface area contributed by atoms with Crippen molar-refractivity contribution in [2.75, 3.05) is 18.0 Å². The Bertz CT molecular complexity index is 1010. The molecule has 2 aromatic rings. The maximum atomic E-state index is 13.4. The lowest BCUT2D eigenvalue weighted by atomic mass is 9.95. The number of benzene rings is 2. The molecule has 30 heavy (non-hydrogen) atoms. The Morgan fingerprint density at radius 3 is 2.37 bits per heavy atom. The molecule has 6 nitrogen and oxygen atoms in total. The second kappa shape index (κ2) is 8.26. The number of hydrogen-bond donors (Lipinski definition) is 1. The van der Waals surface area contributed by atoms with Crippen molar-refractivity contribution in [2.45, 2.75) is 36.6 Å². The van der Waals surface area contributed by atoms with Crippen molar-refractivity contribution in [2.24, 2.45) is 11.8 Å². The minimum Gasteiger partial charge on any atom is -0.497 e. The molecule has 0 saturated heterocycles. The smallest absolute Gasteiger partial charge is 0.264 e. The molecule has 2 saturated carbocycles. The minimum atomic E-state index is -4.04. The van der Waals surface area contributed by atoms with Gasteiger partial charge in [-0.25, -0.2) is 12.8 Å². The summed E-state index contributed by atoms with van der Waals surface area (Å²) in [7, 11) is -2.54. The summed E-state index contributed by atoms with van der Waals surface area (Å²) < 4.78 is 46.2. The van der Waals surface area contributed by atoms with Gasteiger partial charge in [0, 0.05) is 6.04 Å². The molecule has 3 atom stereocenters. The zero-order valence-corrected chi connectivity index (χ0v) is 17.6. The van der Waals surface area contributed by atoms with E-state index >= 15 is 0 Å². The summed E-state index contributed by atoms with van der Waals surface area (Å²) in [6.07, 6.45) is 4.42. The van der Waals surface area contributed by atoms with Gasteiger partial charge >= 0.3 is 0 Å². The van der Waals surface area contributed by atoms with E-state index in [1.54, 1.807) is 12.1 Å². The monoisotopic (exact) mass is 432 g/mol. The van der Waals surface area contributed by atoms with Gasteiger partial charge in [-0.15, -0.1) is 0 Å².